The molecule has 0 atom stereocenters. The maximum atomic E-state index is 13.1. The van der Waals surface area contributed by atoms with E-state index in [0.717, 1.165) is 4.68 Å². The second kappa shape index (κ2) is 8.27. The van der Waals surface area contributed by atoms with Gasteiger partial charge in [0.1, 0.15) is 23.2 Å². The molecule has 3 aromatic rings. The van der Waals surface area contributed by atoms with Crippen LogP contribution in [0, 0.1) is 0 Å². The number of fused-ring (bicyclic) bond motifs is 1. The maximum Gasteiger partial charge on any atom is 0.408 e. The smallest absolute Gasteiger partial charge is 0.393 e. The average molecular weight is 456 g/mol. The van der Waals surface area contributed by atoms with Gasteiger partial charge in [0.15, 0.2) is 5.82 Å². The quantitative estimate of drug-likeness (QED) is 0.622. The number of halogens is 4. The number of hydrogen-bond acceptors (Lipinski definition) is 7. The van der Waals surface area contributed by atoms with E-state index in [-0.39, 0.29) is 33.4 Å². The van der Waals surface area contributed by atoms with Crippen molar-refractivity contribution in [1.29, 1.82) is 0 Å². The molecule has 0 aromatic carbocycles. The Labute approximate surface area is 178 Å². The third-order valence-corrected chi connectivity index (χ3v) is 5.00. The Hall–Kier alpha value is -2.99. The third kappa shape index (κ3) is 4.85. The van der Waals surface area contributed by atoms with Crippen LogP contribution in [-0.2, 0) is 6.54 Å². The largest absolute Gasteiger partial charge is 0.408 e. The molecule has 3 aromatic heterocycles. The van der Waals surface area contributed by atoms with Crippen molar-refractivity contribution in [1.82, 2.24) is 29.6 Å². The Bertz CT molecular complexity index is 1100. The first-order valence-electron chi connectivity index (χ1n) is 9.35. The van der Waals surface area contributed by atoms with Gasteiger partial charge in [0.05, 0.1) is 29.4 Å². The highest BCUT2D eigenvalue weighted by molar-refractivity contribution is 6.29. The van der Waals surface area contributed by atoms with Gasteiger partial charge in [0.2, 0.25) is 0 Å². The van der Waals surface area contributed by atoms with E-state index in [4.69, 9.17) is 11.6 Å². The molecule has 0 radical (unpaired) electrons. The molecular formula is C18H17ClF3N7O2. The van der Waals surface area contributed by atoms with Crippen molar-refractivity contribution < 1.29 is 23.1 Å². The number of aliphatic hydroxyl groups is 1. The normalized spacial score (nSPS) is 15.5. The van der Waals surface area contributed by atoms with Gasteiger partial charge in [0.25, 0.3) is 5.91 Å². The highest BCUT2D eigenvalue weighted by Crippen LogP contribution is 2.28. The van der Waals surface area contributed by atoms with Gasteiger partial charge >= 0.3 is 6.18 Å². The molecule has 31 heavy (non-hydrogen) atoms. The van der Waals surface area contributed by atoms with Crippen LogP contribution in [0.15, 0.2) is 24.7 Å². The molecule has 1 aliphatic rings. The van der Waals surface area contributed by atoms with E-state index >= 15 is 0 Å². The van der Waals surface area contributed by atoms with Crippen molar-refractivity contribution in [3.05, 3.63) is 35.5 Å². The number of carbonyl (C=O) groups is 1. The number of amides is 1. The number of piperidine rings is 1. The van der Waals surface area contributed by atoms with E-state index < -0.39 is 24.7 Å². The van der Waals surface area contributed by atoms with Crippen LogP contribution in [0.1, 0.15) is 23.3 Å². The van der Waals surface area contributed by atoms with Crippen LogP contribution in [0.3, 0.4) is 0 Å². The van der Waals surface area contributed by atoms with Crippen LogP contribution in [0.25, 0.3) is 10.9 Å². The number of hydrogen-bond donors (Lipinski definition) is 2. The van der Waals surface area contributed by atoms with Gasteiger partial charge in [-0.3, -0.25) is 14.5 Å². The van der Waals surface area contributed by atoms with Crippen molar-refractivity contribution >= 4 is 40.0 Å². The summed E-state index contributed by atoms with van der Waals surface area (Å²) in [6.45, 7) is -0.641. The van der Waals surface area contributed by atoms with Gasteiger partial charge in [-0.05, 0) is 18.9 Å². The predicted molar refractivity (Wildman–Crippen MR) is 105 cm³/mol. The Morgan fingerprint density at radius 3 is 2.58 bits per heavy atom. The monoisotopic (exact) mass is 455 g/mol. The minimum Gasteiger partial charge on any atom is -0.393 e. The number of pyridine rings is 1. The lowest BCUT2D eigenvalue weighted by molar-refractivity contribution is -0.141. The fourth-order valence-electron chi connectivity index (χ4n) is 3.30. The van der Waals surface area contributed by atoms with E-state index in [2.05, 4.69) is 25.4 Å². The van der Waals surface area contributed by atoms with Crippen molar-refractivity contribution in [2.75, 3.05) is 18.4 Å². The summed E-state index contributed by atoms with van der Waals surface area (Å²) in [6.07, 6.45) is -0.208. The van der Waals surface area contributed by atoms with Crippen LogP contribution in [-0.4, -0.2) is 66.0 Å². The van der Waals surface area contributed by atoms with E-state index in [0.29, 0.717) is 25.9 Å². The van der Waals surface area contributed by atoms with Gasteiger partial charge in [-0.1, -0.05) is 11.6 Å². The van der Waals surface area contributed by atoms with Crippen LogP contribution >= 0.6 is 11.6 Å². The molecule has 1 aliphatic heterocycles. The highest BCUT2D eigenvalue weighted by Gasteiger charge is 2.31. The molecule has 164 valence electrons. The molecule has 4 heterocycles. The number of nitrogens with one attached hydrogen (secondary N) is 1. The number of aliphatic hydroxyl groups excluding tert-OH is 1. The summed E-state index contributed by atoms with van der Waals surface area (Å²) >= 11 is 5.70. The molecule has 0 aliphatic carbocycles. The fraction of sp³-hybridized carbons (Fsp3) is 0.389. The standard InChI is InChI=1S/C18H17ClF3N7O2/c19-14-7-25-15(8-24-14)26-16-11-6-23-12(17(31)28-3-1-10(30)2-4-28)5-13(11)29(27-16)9-18(20,21)22/h5-8,10,30H,1-4,9H2,(H,25,26,27). The Balaban J connectivity index is 1.69. The minimum absolute atomic E-state index is 0.00467. The third-order valence-electron chi connectivity index (χ3n) is 4.80. The van der Waals surface area contributed by atoms with E-state index in [9.17, 15) is 23.1 Å². The zero-order valence-corrected chi connectivity index (χ0v) is 16.7. The SMILES string of the molecule is O=C(c1cc2c(cn1)c(Nc1cnc(Cl)cn1)nn2CC(F)(F)F)N1CCC(O)CC1. The first kappa shape index (κ1) is 21.2. The van der Waals surface area contributed by atoms with Gasteiger partial charge in [-0.2, -0.15) is 18.3 Å². The Morgan fingerprint density at radius 1 is 1.19 bits per heavy atom. The number of rotatable bonds is 4. The van der Waals surface area contributed by atoms with E-state index in [1.165, 1.54) is 29.6 Å². The van der Waals surface area contributed by atoms with Crippen LogP contribution in [0.5, 0.6) is 0 Å². The number of carbonyl (C=O) groups excluding carboxylic acids is 1. The van der Waals surface area contributed by atoms with Gasteiger partial charge in [0, 0.05) is 19.3 Å². The summed E-state index contributed by atoms with van der Waals surface area (Å²) in [5.74, 6) is -0.0925. The average Bonchev–Trinajstić information content (AvgIpc) is 3.04. The summed E-state index contributed by atoms with van der Waals surface area (Å²) in [6, 6.07) is 1.29. The molecular weight excluding hydrogens is 439 g/mol. The molecule has 0 spiro atoms. The number of likely N-dealkylation sites (tertiary alicyclic amines) is 1. The summed E-state index contributed by atoms with van der Waals surface area (Å²) in [4.78, 5) is 26.3. The number of nitrogens with zero attached hydrogens (tertiary/aromatic N) is 6. The molecule has 13 heteroatoms. The topological polar surface area (TPSA) is 109 Å². The zero-order valence-electron chi connectivity index (χ0n) is 16.0. The maximum absolute atomic E-state index is 13.1. The molecule has 0 saturated carbocycles. The van der Waals surface area contributed by atoms with Crippen LogP contribution in [0.4, 0.5) is 24.8 Å². The van der Waals surface area contributed by atoms with Crippen LogP contribution in [0.2, 0.25) is 5.15 Å². The second-order valence-corrected chi connectivity index (χ2v) is 7.47. The molecule has 0 bridgehead atoms. The zero-order chi connectivity index (χ0) is 22.2. The minimum atomic E-state index is -4.52. The summed E-state index contributed by atoms with van der Waals surface area (Å²) in [5.41, 5.74) is 0.0993. The Kier molecular flexibility index (Phi) is 5.67. The lowest BCUT2D eigenvalue weighted by atomic mass is 10.1. The molecule has 1 amide bonds. The fourth-order valence-corrected chi connectivity index (χ4v) is 3.40. The molecule has 1 fully saturated rings. The predicted octanol–water partition coefficient (Wildman–Crippen LogP) is 2.78. The van der Waals surface area contributed by atoms with E-state index in [1.54, 1.807) is 0 Å². The summed E-state index contributed by atoms with van der Waals surface area (Å²) in [7, 11) is 0. The van der Waals surface area contributed by atoms with Crippen LogP contribution < -0.4 is 5.32 Å². The highest BCUT2D eigenvalue weighted by atomic mass is 35.5. The molecule has 0 unspecified atom stereocenters. The van der Waals surface area contributed by atoms with Crippen molar-refractivity contribution in [2.45, 2.75) is 31.7 Å². The molecule has 1 saturated heterocycles. The molecule has 2 N–H and O–H groups in total. The van der Waals surface area contributed by atoms with Gasteiger partial charge in [-0.15, -0.1) is 0 Å². The number of alkyl halides is 3. The number of anilines is 2. The second-order valence-electron chi connectivity index (χ2n) is 7.08. The van der Waals surface area contributed by atoms with Gasteiger partial charge in [-0.25, -0.2) is 9.97 Å². The number of aromatic nitrogens is 5. The van der Waals surface area contributed by atoms with E-state index in [1.807, 2.05) is 0 Å². The Morgan fingerprint density at radius 2 is 1.94 bits per heavy atom. The molecule has 4 rings (SSSR count). The lowest BCUT2D eigenvalue weighted by Crippen LogP contribution is -2.40. The summed E-state index contributed by atoms with van der Waals surface area (Å²) in [5, 5.41) is 16.9. The van der Waals surface area contributed by atoms with Crippen molar-refractivity contribution in [3.8, 4) is 0 Å². The van der Waals surface area contributed by atoms with Gasteiger partial charge < -0.3 is 15.3 Å². The van der Waals surface area contributed by atoms with Crippen molar-refractivity contribution in [3.63, 3.8) is 0 Å². The first-order chi connectivity index (χ1) is 14.7. The van der Waals surface area contributed by atoms with Crippen molar-refractivity contribution in [2.24, 2.45) is 0 Å². The molecule has 9 nitrogen and oxygen atoms in total. The summed E-state index contributed by atoms with van der Waals surface area (Å²) < 4.78 is 40.1. The lowest BCUT2D eigenvalue weighted by Gasteiger charge is -2.29. The first-order valence-corrected chi connectivity index (χ1v) is 9.72.